The lowest BCUT2D eigenvalue weighted by Gasteiger charge is -2.33. The Kier molecular flexibility index (Phi) is 11.5. The SMILES string of the molecule is CCCCC/C=C\C1C[C@]1(NC(=O)[C@@H]1CCCN1C(=O)CNC(=O)NC(CN1CC2=C(CCC=C2)S1(=O)=O)C1CCCCC1)C(=O)O. The molecule has 2 aliphatic heterocycles. The minimum Gasteiger partial charge on any atom is -0.479 e. The summed E-state index contributed by atoms with van der Waals surface area (Å²) in [6.45, 7) is 2.60. The highest BCUT2D eigenvalue weighted by Crippen LogP contribution is 2.45. The number of aliphatic carboxylic acids is 1. The second-order valence-corrected chi connectivity index (χ2v) is 15.7. The van der Waals surface area contributed by atoms with E-state index in [1.165, 1.54) is 9.21 Å². The Bertz CT molecular complexity index is 1400. The third-order valence-electron chi connectivity index (χ3n) is 10.5. The molecule has 13 heteroatoms. The van der Waals surface area contributed by atoms with E-state index in [-0.39, 0.29) is 24.9 Å². The van der Waals surface area contributed by atoms with Crippen molar-refractivity contribution in [3.05, 3.63) is 34.8 Å². The first-order chi connectivity index (χ1) is 22.6. The summed E-state index contributed by atoms with van der Waals surface area (Å²) in [6.07, 6.45) is 19.3. The van der Waals surface area contributed by atoms with Crippen molar-refractivity contribution in [1.29, 1.82) is 0 Å². The Balaban J connectivity index is 1.14. The van der Waals surface area contributed by atoms with Crippen molar-refractivity contribution in [2.45, 2.75) is 114 Å². The second kappa shape index (κ2) is 15.4. The number of rotatable bonds is 14. The number of nitrogens with zero attached hydrogens (tertiary/aromatic N) is 2. The van der Waals surface area contributed by atoms with E-state index in [1.807, 2.05) is 24.3 Å². The lowest BCUT2D eigenvalue weighted by Crippen LogP contribution is -2.55. The number of nitrogens with one attached hydrogen (secondary N) is 3. The lowest BCUT2D eigenvalue weighted by molar-refractivity contribution is -0.145. The van der Waals surface area contributed by atoms with Gasteiger partial charge in [0.25, 0.3) is 0 Å². The molecule has 0 spiro atoms. The number of hydrogen-bond acceptors (Lipinski definition) is 6. The van der Waals surface area contributed by atoms with Gasteiger partial charge < -0.3 is 26.0 Å². The van der Waals surface area contributed by atoms with Gasteiger partial charge in [0.05, 0.1) is 11.4 Å². The summed E-state index contributed by atoms with van der Waals surface area (Å²) in [5.74, 6) is -2.15. The number of unbranched alkanes of at least 4 members (excludes halogenated alkanes) is 3. The van der Waals surface area contributed by atoms with Crippen molar-refractivity contribution in [2.24, 2.45) is 11.8 Å². The topological polar surface area (TPSA) is 165 Å². The molecule has 0 aromatic rings. The number of carbonyl (C=O) groups is 4. The molecule has 5 rings (SSSR count). The molecule has 0 aromatic carbocycles. The number of carbonyl (C=O) groups excluding carboxylic acids is 3. The van der Waals surface area contributed by atoms with E-state index in [0.29, 0.717) is 50.1 Å². The highest BCUT2D eigenvalue weighted by atomic mass is 32.2. The molecule has 47 heavy (non-hydrogen) atoms. The number of amides is 4. The van der Waals surface area contributed by atoms with Crippen LogP contribution < -0.4 is 16.0 Å². The fourth-order valence-electron chi connectivity index (χ4n) is 7.64. The van der Waals surface area contributed by atoms with Crippen LogP contribution in [0, 0.1) is 11.8 Å². The third kappa shape index (κ3) is 8.10. The number of carboxylic acid groups (broad SMARTS) is 1. The van der Waals surface area contributed by atoms with Crippen LogP contribution in [0.1, 0.15) is 96.8 Å². The van der Waals surface area contributed by atoms with Gasteiger partial charge in [-0.2, -0.15) is 4.31 Å². The summed E-state index contributed by atoms with van der Waals surface area (Å²) in [6, 6.07) is -1.77. The number of sulfonamides is 1. The maximum atomic E-state index is 13.3. The van der Waals surface area contributed by atoms with Crippen LogP contribution in [0.25, 0.3) is 0 Å². The average Bonchev–Trinajstić information content (AvgIpc) is 3.40. The van der Waals surface area contributed by atoms with Gasteiger partial charge in [0.1, 0.15) is 11.6 Å². The maximum Gasteiger partial charge on any atom is 0.330 e. The predicted octanol–water partition coefficient (Wildman–Crippen LogP) is 3.57. The molecule has 3 fully saturated rings. The zero-order valence-electron chi connectivity index (χ0n) is 27.5. The minimum absolute atomic E-state index is 0.124. The molecule has 3 aliphatic carbocycles. The fraction of sp³-hybridized carbons (Fsp3) is 0.706. The van der Waals surface area contributed by atoms with Crippen LogP contribution in [-0.4, -0.2) is 90.3 Å². The Labute approximate surface area is 278 Å². The summed E-state index contributed by atoms with van der Waals surface area (Å²) in [7, 11) is -3.58. The van der Waals surface area contributed by atoms with Gasteiger partial charge in [0.2, 0.25) is 21.8 Å². The van der Waals surface area contributed by atoms with Gasteiger partial charge in [-0.3, -0.25) is 9.59 Å². The van der Waals surface area contributed by atoms with Gasteiger partial charge in [-0.1, -0.05) is 63.3 Å². The lowest BCUT2D eigenvalue weighted by atomic mass is 9.84. The van der Waals surface area contributed by atoms with E-state index in [4.69, 9.17) is 0 Å². The van der Waals surface area contributed by atoms with Crippen molar-refractivity contribution >= 4 is 33.8 Å². The summed E-state index contributed by atoms with van der Waals surface area (Å²) < 4.78 is 28.1. The molecule has 2 saturated carbocycles. The molecule has 0 radical (unpaired) electrons. The van der Waals surface area contributed by atoms with Gasteiger partial charge >= 0.3 is 12.0 Å². The van der Waals surface area contributed by atoms with E-state index in [2.05, 4.69) is 22.9 Å². The van der Waals surface area contributed by atoms with E-state index >= 15 is 0 Å². The van der Waals surface area contributed by atoms with Crippen molar-refractivity contribution in [3.63, 3.8) is 0 Å². The highest BCUT2D eigenvalue weighted by Gasteiger charge is 2.61. The van der Waals surface area contributed by atoms with E-state index < -0.39 is 51.5 Å². The molecule has 2 heterocycles. The van der Waals surface area contributed by atoms with E-state index in [1.54, 1.807) is 0 Å². The van der Waals surface area contributed by atoms with Crippen molar-refractivity contribution in [1.82, 2.24) is 25.2 Å². The van der Waals surface area contributed by atoms with E-state index in [0.717, 1.165) is 63.4 Å². The first kappa shape index (κ1) is 35.1. The summed E-state index contributed by atoms with van der Waals surface area (Å²) in [5, 5.41) is 18.3. The standard InChI is InChI=1S/C34H51N5O7S/c1-2-3-4-5-9-16-26-20-34(26,32(42)43)37-31(41)28-17-12-19-39(28)30(40)21-35-33(44)36-27(24-13-7-6-8-14-24)23-38-22-25-15-10-11-18-29(25)47(38,45)46/h9-10,15-16,24,26-28H,2-8,11-14,17-23H2,1H3,(H,37,41)(H,42,43)(H2,35,36,44)/b16-9-/t26?,27?,28-,34+/m0/s1. The molecular weight excluding hydrogens is 622 g/mol. The molecule has 260 valence electrons. The van der Waals surface area contributed by atoms with Crippen molar-refractivity contribution in [3.8, 4) is 0 Å². The Hall–Kier alpha value is -3.19. The van der Waals surface area contributed by atoms with Gasteiger partial charge in [-0.25, -0.2) is 18.0 Å². The first-order valence-corrected chi connectivity index (χ1v) is 19.0. The van der Waals surface area contributed by atoms with Gasteiger partial charge in [-0.15, -0.1) is 0 Å². The van der Waals surface area contributed by atoms with Crippen LogP contribution in [0.4, 0.5) is 4.79 Å². The first-order valence-electron chi connectivity index (χ1n) is 17.5. The third-order valence-corrected chi connectivity index (χ3v) is 12.6. The number of hydrogen-bond donors (Lipinski definition) is 4. The molecule has 4 amide bonds. The average molecular weight is 674 g/mol. The number of allylic oxidation sites excluding steroid dienone is 3. The number of urea groups is 1. The Morgan fingerprint density at radius 3 is 2.62 bits per heavy atom. The van der Waals surface area contributed by atoms with Crippen LogP contribution in [0.2, 0.25) is 0 Å². The monoisotopic (exact) mass is 673 g/mol. The van der Waals surface area contributed by atoms with Crippen molar-refractivity contribution < 1.29 is 32.7 Å². The molecule has 4 N–H and O–H groups in total. The van der Waals surface area contributed by atoms with Gasteiger partial charge in [-0.05, 0) is 69.3 Å². The van der Waals surface area contributed by atoms with Crippen LogP contribution in [0.5, 0.6) is 0 Å². The second-order valence-electron chi connectivity index (χ2n) is 13.8. The van der Waals surface area contributed by atoms with Crippen molar-refractivity contribution in [2.75, 3.05) is 26.2 Å². The van der Waals surface area contributed by atoms with Crippen LogP contribution in [-0.2, 0) is 24.4 Å². The van der Waals surface area contributed by atoms with E-state index in [9.17, 15) is 32.7 Å². The predicted molar refractivity (Wildman–Crippen MR) is 177 cm³/mol. The number of likely N-dealkylation sites (tertiary alicyclic amines) is 1. The highest BCUT2D eigenvalue weighted by molar-refractivity contribution is 7.93. The Morgan fingerprint density at radius 1 is 1.11 bits per heavy atom. The summed E-state index contributed by atoms with van der Waals surface area (Å²) in [4.78, 5) is 53.7. The minimum atomic E-state index is -3.58. The zero-order chi connectivity index (χ0) is 33.6. The summed E-state index contributed by atoms with van der Waals surface area (Å²) >= 11 is 0. The molecule has 0 bridgehead atoms. The molecule has 5 aliphatic rings. The van der Waals surface area contributed by atoms with Crippen LogP contribution >= 0.6 is 0 Å². The Morgan fingerprint density at radius 2 is 1.89 bits per heavy atom. The fourth-order valence-corrected chi connectivity index (χ4v) is 9.46. The maximum absolute atomic E-state index is 13.3. The molecule has 1 saturated heterocycles. The van der Waals surface area contributed by atoms with Gasteiger partial charge in [0.15, 0.2) is 0 Å². The van der Waals surface area contributed by atoms with Crippen LogP contribution in [0.15, 0.2) is 34.8 Å². The quantitative estimate of drug-likeness (QED) is 0.162. The number of carboxylic acids is 1. The normalized spacial score (nSPS) is 27.9. The zero-order valence-corrected chi connectivity index (χ0v) is 28.4. The molecule has 2 unspecified atom stereocenters. The largest absolute Gasteiger partial charge is 0.479 e. The molecule has 0 aromatic heterocycles. The molecule has 4 atom stereocenters. The molecule has 12 nitrogen and oxygen atoms in total. The van der Waals surface area contributed by atoms with Gasteiger partial charge in [0, 0.05) is 31.6 Å². The smallest absolute Gasteiger partial charge is 0.330 e. The summed E-state index contributed by atoms with van der Waals surface area (Å²) in [5.41, 5.74) is -0.529. The molecular formula is C34H51N5O7S. The van der Waals surface area contributed by atoms with Crippen LogP contribution in [0.3, 0.4) is 0 Å².